The molecule has 1 heterocycles. The standard InChI is InChI=1S/C23H27N5O4.2C2HF3O2/c24-21(25)17-4-3-5-19(12-17)32-14-18(13-20(29)30)27-23(31)16-8-6-15(7-9-16)22(26)28-10-1-2-11-28;2*3-2(4,5)1(6)7/h3-9,12,18,26H,1-2,10-11,13-14H2,(H3,24,25)(H,27,31)(H,29,30);2*(H,6,7)/t18-;;/m1../s1. The van der Waals surface area contributed by atoms with E-state index in [0.717, 1.165) is 31.5 Å². The largest absolute Gasteiger partial charge is 0.491 e. The van der Waals surface area contributed by atoms with Gasteiger partial charge in [0.15, 0.2) is 0 Å². The molecule has 0 unspecified atom stereocenters. The highest BCUT2D eigenvalue weighted by Crippen LogP contribution is 2.16. The summed E-state index contributed by atoms with van der Waals surface area (Å²) in [6, 6.07) is 12.5. The van der Waals surface area contributed by atoms with E-state index in [9.17, 15) is 41.0 Å². The highest BCUT2D eigenvalue weighted by Gasteiger charge is 2.38. The van der Waals surface area contributed by atoms with Gasteiger partial charge in [-0.25, -0.2) is 9.59 Å². The predicted octanol–water partition coefficient (Wildman–Crippen LogP) is 3.31. The number of amidine groups is 2. The Balaban J connectivity index is 0.000000629. The number of likely N-dealkylation sites (tertiary alicyclic amines) is 1. The average molecular weight is 666 g/mol. The molecule has 0 aromatic heterocycles. The van der Waals surface area contributed by atoms with Crippen molar-refractivity contribution in [3.8, 4) is 5.75 Å². The molecule has 1 fully saturated rings. The second kappa shape index (κ2) is 17.2. The van der Waals surface area contributed by atoms with Gasteiger partial charge in [-0.05, 0) is 37.1 Å². The van der Waals surface area contributed by atoms with Crippen LogP contribution in [0.5, 0.6) is 5.75 Å². The third kappa shape index (κ3) is 14.0. The molecule has 0 radical (unpaired) electrons. The summed E-state index contributed by atoms with van der Waals surface area (Å²) in [7, 11) is 0. The third-order valence-corrected chi connectivity index (χ3v) is 5.68. The lowest BCUT2D eigenvalue weighted by Gasteiger charge is -2.19. The molecule has 13 nitrogen and oxygen atoms in total. The van der Waals surface area contributed by atoms with Crippen molar-refractivity contribution >= 4 is 35.5 Å². The van der Waals surface area contributed by atoms with Crippen molar-refractivity contribution in [2.45, 2.75) is 37.7 Å². The second-order valence-corrected chi connectivity index (χ2v) is 9.25. The van der Waals surface area contributed by atoms with E-state index in [1.165, 1.54) is 0 Å². The van der Waals surface area contributed by atoms with Crippen LogP contribution in [0.2, 0.25) is 0 Å². The summed E-state index contributed by atoms with van der Waals surface area (Å²) in [6.45, 7) is 1.68. The van der Waals surface area contributed by atoms with E-state index in [1.807, 2.05) is 4.90 Å². The number of benzene rings is 2. The van der Waals surface area contributed by atoms with Gasteiger partial charge in [0.05, 0.1) is 12.5 Å². The number of rotatable bonds is 9. The lowest BCUT2D eigenvalue weighted by atomic mass is 10.1. The molecule has 0 spiro atoms. The molecule has 1 aliphatic heterocycles. The Morgan fingerprint density at radius 3 is 1.76 bits per heavy atom. The molecule has 2 aromatic rings. The van der Waals surface area contributed by atoms with Crippen molar-refractivity contribution in [2.24, 2.45) is 5.73 Å². The molecule has 1 atom stereocenters. The summed E-state index contributed by atoms with van der Waals surface area (Å²) in [5.74, 6) is -6.24. The van der Waals surface area contributed by atoms with Crippen LogP contribution in [0.1, 0.15) is 40.7 Å². The molecule has 46 heavy (non-hydrogen) atoms. The fourth-order valence-corrected chi connectivity index (χ4v) is 3.48. The van der Waals surface area contributed by atoms with Gasteiger partial charge in [-0.3, -0.25) is 20.4 Å². The number of hydrogen-bond acceptors (Lipinski definition) is 7. The first-order chi connectivity index (χ1) is 21.2. The van der Waals surface area contributed by atoms with E-state index in [-0.39, 0.29) is 18.9 Å². The first kappa shape index (κ1) is 38.7. The molecule has 1 amide bonds. The molecule has 1 saturated heterocycles. The van der Waals surface area contributed by atoms with E-state index >= 15 is 0 Å². The van der Waals surface area contributed by atoms with E-state index in [4.69, 9.17) is 41.1 Å². The van der Waals surface area contributed by atoms with Crippen LogP contribution in [-0.4, -0.2) is 93.8 Å². The Kier molecular flexibility index (Phi) is 14.5. The maximum absolute atomic E-state index is 12.7. The fourth-order valence-electron chi connectivity index (χ4n) is 3.48. The maximum atomic E-state index is 12.7. The molecule has 0 saturated carbocycles. The molecule has 0 aliphatic carbocycles. The first-order valence-corrected chi connectivity index (χ1v) is 12.9. The highest BCUT2D eigenvalue weighted by atomic mass is 19.4. The van der Waals surface area contributed by atoms with Gasteiger partial charge in [0.1, 0.15) is 24.0 Å². The molecule has 0 bridgehead atoms. The topological polar surface area (TPSA) is 227 Å². The predicted molar refractivity (Wildman–Crippen MR) is 148 cm³/mol. The lowest BCUT2D eigenvalue weighted by Crippen LogP contribution is -2.40. The Morgan fingerprint density at radius 2 is 1.33 bits per heavy atom. The first-order valence-electron chi connectivity index (χ1n) is 12.9. The highest BCUT2D eigenvalue weighted by molar-refractivity contribution is 5.99. The van der Waals surface area contributed by atoms with Gasteiger partial charge >= 0.3 is 30.3 Å². The van der Waals surface area contributed by atoms with Crippen molar-refractivity contribution in [1.29, 1.82) is 10.8 Å². The third-order valence-electron chi connectivity index (χ3n) is 5.68. The zero-order valence-electron chi connectivity index (χ0n) is 23.6. The summed E-state index contributed by atoms with van der Waals surface area (Å²) in [4.78, 5) is 43.7. The van der Waals surface area contributed by atoms with Gasteiger partial charge in [-0.1, -0.05) is 24.3 Å². The average Bonchev–Trinajstić information content (AvgIpc) is 3.50. The number of carbonyl (C=O) groups excluding carboxylic acids is 1. The van der Waals surface area contributed by atoms with Gasteiger partial charge in [-0.2, -0.15) is 26.3 Å². The quantitative estimate of drug-likeness (QED) is 0.117. The normalized spacial score (nSPS) is 13.1. The van der Waals surface area contributed by atoms with Gasteiger partial charge in [0.25, 0.3) is 5.91 Å². The molecular weight excluding hydrogens is 636 g/mol. The minimum Gasteiger partial charge on any atom is -0.491 e. The fraction of sp³-hybridized carbons (Fsp3) is 0.333. The monoisotopic (exact) mass is 665 g/mol. The zero-order chi connectivity index (χ0) is 35.2. The van der Waals surface area contributed by atoms with Crippen LogP contribution in [0.25, 0.3) is 0 Å². The zero-order valence-corrected chi connectivity index (χ0v) is 23.6. The molecule has 19 heteroatoms. The number of aliphatic carboxylic acids is 3. The van der Waals surface area contributed by atoms with Crippen molar-refractivity contribution in [1.82, 2.24) is 10.2 Å². The Labute approximate surface area is 256 Å². The Morgan fingerprint density at radius 1 is 0.848 bits per heavy atom. The molecule has 3 rings (SSSR count). The van der Waals surface area contributed by atoms with Crippen LogP contribution in [0.15, 0.2) is 48.5 Å². The Hall–Kier alpha value is -5.36. The minimum atomic E-state index is -5.08. The SMILES string of the molecule is N=C(N)c1cccc(OC[C@@H](CC(=O)O)NC(=O)c2ccc(C(=N)N3CCCC3)cc2)c1.O=C(O)C(F)(F)F.O=C(O)C(F)(F)F. The summed E-state index contributed by atoms with van der Waals surface area (Å²) >= 11 is 0. The number of carbonyl (C=O) groups is 4. The number of nitrogens with zero attached hydrogens (tertiary/aromatic N) is 1. The lowest BCUT2D eigenvalue weighted by molar-refractivity contribution is -0.193. The number of ether oxygens (including phenoxy) is 1. The van der Waals surface area contributed by atoms with Gasteiger partial charge < -0.3 is 36.0 Å². The van der Waals surface area contributed by atoms with E-state index in [1.54, 1.807) is 48.5 Å². The minimum absolute atomic E-state index is 0.0584. The second-order valence-electron chi connectivity index (χ2n) is 9.25. The van der Waals surface area contributed by atoms with E-state index in [0.29, 0.717) is 22.7 Å². The van der Waals surface area contributed by atoms with Crippen LogP contribution in [0.3, 0.4) is 0 Å². The van der Waals surface area contributed by atoms with E-state index < -0.39 is 42.2 Å². The van der Waals surface area contributed by atoms with Crippen LogP contribution in [-0.2, 0) is 14.4 Å². The summed E-state index contributed by atoms with van der Waals surface area (Å²) in [6.07, 6.45) is -8.32. The van der Waals surface area contributed by atoms with Crippen molar-refractivity contribution in [3.63, 3.8) is 0 Å². The van der Waals surface area contributed by atoms with Crippen LogP contribution < -0.4 is 15.8 Å². The smallest absolute Gasteiger partial charge is 0.490 e. The van der Waals surface area contributed by atoms with Crippen molar-refractivity contribution in [3.05, 3.63) is 65.2 Å². The molecule has 1 aliphatic rings. The number of halogens is 6. The molecule has 8 N–H and O–H groups in total. The van der Waals surface area contributed by atoms with Crippen LogP contribution >= 0.6 is 0 Å². The van der Waals surface area contributed by atoms with Gasteiger partial charge in [-0.15, -0.1) is 0 Å². The number of nitrogen functional groups attached to an aromatic ring is 1. The van der Waals surface area contributed by atoms with Crippen molar-refractivity contribution in [2.75, 3.05) is 19.7 Å². The summed E-state index contributed by atoms with van der Waals surface area (Å²) in [5, 5.41) is 41.9. The number of nitrogens with two attached hydrogens (primary N) is 1. The summed E-state index contributed by atoms with van der Waals surface area (Å²) in [5.41, 5.74) is 7.07. The van der Waals surface area contributed by atoms with Crippen LogP contribution in [0, 0.1) is 10.8 Å². The number of alkyl halides is 6. The molecule has 2 aromatic carbocycles. The summed E-state index contributed by atoms with van der Waals surface area (Å²) < 4.78 is 69.1. The van der Waals surface area contributed by atoms with Gasteiger partial charge in [0, 0.05) is 29.8 Å². The molecule has 252 valence electrons. The number of nitrogens with one attached hydrogen (secondary N) is 3. The number of amides is 1. The number of hydrogen-bond donors (Lipinski definition) is 7. The number of carboxylic acid groups (broad SMARTS) is 3. The number of carboxylic acids is 3. The maximum Gasteiger partial charge on any atom is 0.490 e. The van der Waals surface area contributed by atoms with Crippen molar-refractivity contribution < 1.29 is 65.6 Å². The molecular formula is C27H29F6N5O8. The van der Waals surface area contributed by atoms with Gasteiger partial charge in [0.2, 0.25) is 0 Å². The van der Waals surface area contributed by atoms with E-state index in [2.05, 4.69) is 5.32 Å². The Bertz CT molecular complexity index is 1370. The van der Waals surface area contributed by atoms with Crippen LogP contribution in [0.4, 0.5) is 26.3 Å².